The molecular formula is C16H11FN2. The smallest absolute Gasteiger partial charge is 0.147 e. The molecule has 0 aliphatic heterocycles. The third-order valence-electron chi connectivity index (χ3n) is 2.47. The highest BCUT2D eigenvalue weighted by atomic mass is 19.1. The maximum atomic E-state index is 13.5. The van der Waals surface area contributed by atoms with Crippen LogP contribution in [0.25, 0.3) is 0 Å². The molecule has 0 aliphatic rings. The number of nitrogens with zero attached hydrogens (tertiary/aromatic N) is 1. The van der Waals surface area contributed by atoms with Crippen LogP contribution in [0.5, 0.6) is 0 Å². The van der Waals surface area contributed by atoms with Crippen LogP contribution in [0.3, 0.4) is 0 Å². The molecule has 2 aromatic rings. The van der Waals surface area contributed by atoms with E-state index in [1.807, 2.05) is 36.4 Å². The van der Waals surface area contributed by atoms with Crippen molar-refractivity contribution in [1.29, 1.82) is 5.26 Å². The summed E-state index contributed by atoms with van der Waals surface area (Å²) in [6.45, 7) is 0.345. The van der Waals surface area contributed by atoms with Crippen molar-refractivity contribution in [2.45, 2.75) is 0 Å². The van der Waals surface area contributed by atoms with E-state index in [2.05, 4.69) is 17.2 Å². The molecule has 0 amide bonds. The molecule has 19 heavy (non-hydrogen) atoms. The molecule has 0 bridgehead atoms. The van der Waals surface area contributed by atoms with E-state index in [4.69, 9.17) is 5.26 Å². The molecule has 3 heteroatoms. The minimum atomic E-state index is -0.444. The van der Waals surface area contributed by atoms with Gasteiger partial charge in [-0.15, -0.1) is 0 Å². The maximum absolute atomic E-state index is 13.5. The Labute approximate surface area is 111 Å². The van der Waals surface area contributed by atoms with Gasteiger partial charge in [0.1, 0.15) is 5.82 Å². The van der Waals surface area contributed by atoms with E-state index in [-0.39, 0.29) is 0 Å². The molecule has 0 aromatic heterocycles. The van der Waals surface area contributed by atoms with Gasteiger partial charge in [0.2, 0.25) is 0 Å². The molecule has 0 radical (unpaired) electrons. The summed E-state index contributed by atoms with van der Waals surface area (Å²) < 4.78 is 13.5. The van der Waals surface area contributed by atoms with E-state index < -0.39 is 5.82 Å². The van der Waals surface area contributed by atoms with Crippen LogP contribution in [0.2, 0.25) is 0 Å². The van der Waals surface area contributed by atoms with E-state index >= 15 is 0 Å². The minimum absolute atomic E-state index is 0.304. The maximum Gasteiger partial charge on any atom is 0.147 e. The normalized spacial score (nSPS) is 9.05. The monoisotopic (exact) mass is 250 g/mol. The summed E-state index contributed by atoms with van der Waals surface area (Å²) in [7, 11) is 0. The molecule has 0 atom stereocenters. The van der Waals surface area contributed by atoms with Gasteiger partial charge in [0, 0.05) is 5.56 Å². The minimum Gasteiger partial charge on any atom is -0.372 e. The molecule has 0 aliphatic carbocycles. The SMILES string of the molecule is N#Cc1ccc(NCC#Cc2ccccc2)c(F)c1. The van der Waals surface area contributed by atoms with Gasteiger partial charge in [-0.25, -0.2) is 4.39 Å². The van der Waals surface area contributed by atoms with E-state index in [1.165, 1.54) is 12.1 Å². The van der Waals surface area contributed by atoms with Gasteiger partial charge in [-0.2, -0.15) is 5.26 Å². The Balaban J connectivity index is 1.97. The number of nitriles is 1. The van der Waals surface area contributed by atoms with E-state index in [9.17, 15) is 4.39 Å². The predicted octanol–water partition coefficient (Wildman–Crippen LogP) is 3.16. The summed E-state index contributed by atoms with van der Waals surface area (Å²) in [6.07, 6.45) is 0. The number of hydrogen-bond donors (Lipinski definition) is 1. The van der Waals surface area contributed by atoms with Gasteiger partial charge in [-0.3, -0.25) is 0 Å². The summed E-state index contributed by atoms with van der Waals surface area (Å²) in [5.41, 5.74) is 1.57. The Kier molecular flexibility index (Phi) is 4.16. The molecule has 0 saturated carbocycles. The first-order valence-electron chi connectivity index (χ1n) is 5.77. The highest BCUT2D eigenvalue weighted by molar-refractivity contribution is 5.49. The van der Waals surface area contributed by atoms with Crippen molar-refractivity contribution in [3.8, 4) is 17.9 Å². The quantitative estimate of drug-likeness (QED) is 0.831. The van der Waals surface area contributed by atoms with Crippen LogP contribution >= 0.6 is 0 Å². The average Bonchev–Trinajstić information content (AvgIpc) is 2.46. The molecule has 0 spiro atoms. The van der Waals surface area contributed by atoms with Gasteiger partial charge in [0.25, 0.3) is 0 Å². The van der Waals surface area contributed by atoms with Gasteiger partial charge in [-0.05, 0) is 30.3 Å². The highest BCUT2D eigenvalue weighted by Crippen LogP contribution is 2.14. The van der Waals surface area contributed by atoms with Crippen LogP contribution in [-0.4, -0.2) is 6.54 Å². The molecule has 2 nitrogen and oxygen atoms in total. The van der Waals surface area contributed by atoms with Crippen molar-refractivity contribution >= 4 is 5.69 Å². The van der Waals surface area contributed by atoms with Crippen LogP contribution in [0, 0.1) is 29.0 Å². The number of hydrogen-bond acceptors (Lipinski definition) is 2. The van der Waals surface area contributed by atoms with Crippen molar-refractivity contribution in [2.24, 2.45) is 0 Å². The third-order valence-corrected chi connectivity index (χ3v) is 2.47. The predicted molar refractivity (Wildman–Crippen MR) is 72.9 cm³/mol. The van der Waals surface area contributed by atoms with Gasteiger partial charge < -0.3 is 5.32 Å². The number of nitrogens with one attached hydrogen (secondary N) is 1. The number of benzene rings is 2. The molecular weight excluding hydrogens is 239 g/mol. The fourth-order valence-corrected chi connectivity index (χ4v) is 1.54. The van der Waals surface area contributed by atoms with Crippen molar-refractivity contribution in [1.82, 2.24) is 0 Å². The lowest BCUT2D eigenvalue weighted by molar-refractivity contribution is 0.630. The first-order valence-corrected chi connectivity index (χ1v) is 5.77. The number of rotatable bonds is 2. The Morgan fingerprint density at radius 2 is 1.84 bits per heavy atom. The molecule has 0 heterocycles. The zero-order valence-electron chi connectivity index (χ0n) is 10.2. The van der Waals surface area contributed by atoms with E-state index in [1.54, 1.807) is 6.07 Å². The Bertz CT molecular complexity index is 661. The van der Waals surface area contributed by atoms with E-state index in [0.717, 1.165) is 5.56 Å². The van der Waals surface area contributed by atoms with Gasteiger partial charge >= 0.3 is 0 Å². The second kappa shape index (κ2) is 6.23. The largest absolute Gasteiger partial charge is 0.372 e. The third kappa shape index (κ3) is 3.59. The Hall–Kier alpha value is -2.78. The summed E-state index contributed by atoms with van der Waals surface area (Å²) in [4.78, 5) is 0. The van der Waals surface area contributed by atoms with Gasteiger partial charge in [-0.1, -0.05) is 30.0 Å². The molecule has 92 valence electrons. The van der Waals surface area contributed by atoms with Gasteiger partial charge in [0.05, 0.1) is 23.9 Å². The first kappa shape index (κ1) is 12.7. The Morgan fingerprint density at radius 1 is 1.05 bits per heavy atom. The lowest BCUT2D eigenvalue weighted by Gasteiger charge is -2.03. The summed E-state index contributed by atoms with van der Waals surface area (Å²) in [6, 6.07) is 15.8. The zero-order valence-corrected chi connectivity index (χ0v) is 10.2. The molecule has 2 rings (SSSR count). The van der Waals surface area contributed by atoms with Crippen molar-refractivity contribution in [2.75, 3.05) is 11.9 Å². The second-order valence-corrected chi connectivity index (χ2v) is 3.83. The summed E-state index contributed by atoms with van der Waals surface area (Å²) in [5.74, 6) is 5.44. The lowest BCUT2D eigenvalue weighted by atomic mass is 10.2. The topological polar surface area (TPSA) is 35.8 Å². The zero-order chi connectivity index (χ0) is 13.5. The van der Waals surface area contributed by atoms with Crippen molar-refractivity contribution in [3.05, 3.63) is 65.5 Å². The first-order chi connectivity index (χ1) is 9.29. The molecule has 1 N–H and O–H groups in total. The molecule has 0 unspecified atom stereocenters. The molecule has 2 aromatic carbocycles. The summed E-state index contributed by atoms with van der Waals surface area (Å²) in [5, 5.41) is 11.5. The fourth-order valence-electron chi connectivity index (χ4n) is 1.54. The standard InChI is InChI=1S/C16H11FN2/c17-15-11-14(12-18)8-9-16(15)19-10-4-7-13-5-2-1-3-6-13/h1-3,5-6,8-9,11,19H,10H2. The summed E-state index contributed by atoms with van der Waals surface area (Å²) >= 11 is 0. The lowest BCUT2D eigenvalue weighted by Crippen LogP contribution is -2.01. The van der Waals surface area contributed by atoms with Gasteiger partial charge in [0.15, 0.2) is 0 Å². The molecule has 0 saturated heterocycles. The van der Waals surface area contributed by atoms with E-state index in [0.29, 0.717) is 17.8 Å². The fraction of sp³-hybridized carbons (Fsp3) is 0.0625. The number of anilines is 1. The van der Waals surface area contributed by atoms with Crippen LogP contribution < -0.4 is 5.32 Å². The molecule has 0 fully saturated rings. The average molecular weight is 250 g/mol. The Morgan fingerprint density at radius 3 is 2.53 bits per heavy atom. The second-order valence-electron chi connectivity index (χ2n) is 3.83. The van der Waals surface area contributed by atoms with Crippen LogP contribution in [-0.2, 0) is 0 Å². The number of halogens is 1. The highest BCUT2D eigenvalue weighted by Gasteiger charge is 2.01. The van der Waals surface area contributed by atoms with Crippen LogP contribution in [0.1, 0.15) is 11.1 Å². The van der Waals surface area contributed by atoms with Crippen molar-refractivity contribution < 1.29 is 4.39 Å². The van der Waals surface area contributed by atoms with Crippen molar-refractivity contribution in [3.63, 3.8) is 0 Å². The van der Waals surface area contributed by atoms with Crippen LogP contribution in [0.15, 0.2) is 48.5 Å². The van der Waals surface area contributed by atoms with Crippen LogP contribution in [0.4, 0.5) is 10.1 Å².